The van der Waals surface area contributed by atoms with Gasteiger partial charge in [-0.3, -0.25) is 19.5 Å². The number of rotatable bonds is 7. The predicted molar refractivity (Wildman–Crippen MR) is 146 cm³/mol. The topological polar surface area (TPSA) is 135 Å². The van der Waals surface area contributed by atoms with Crippen LogP contribution in [0.3, 0.4) is 0 Å². The van der Waals surface area contributed by atoms with E-state index in [1.54, 1.807) is 11.0 Å². The molecule has 2 aromatic carbocycles. The van der Waals surface area contributed by atoms with E-state index in [1.165, 1.54) is 25.3 Å². The molecule has 220 valence electrons. The van der Waals surface area contributed by atoms with Crippen LogP contribution in [-0.4, -0.2) is 78.0 Å². The lowest BCUT2D eigenvalue weighted by atomic mass is 10.0. The van der Waals surface area contributed by atoms with Gasteiger partial charge in [-0.1, -0.05) is 35.1 Å². The third kappa shape index (κ3) is 5.79. The monoisotopic (exact) mass is 591 g/mol. The maximum atomic E-state index is 14.6. The maximum absolute atomic E-state index is 14.6. The molecule has 2 amide bonds. The number of tetrazole rings is 1. The highest BCUT2D eigenvalue weighted by Gasteiger charge is 2.32. The van der Waals surface area contributed by atoms with Gasteiger partial charge in [0.05, 0.1) is 6.04 Å². The van der Waals surface area contributed by atoms with Crippen molar-refractivity contribution in [1.82, 2.24) is 40.0 Å². The van der Waals surface area contributed by atoms with Crippen LogP contribution in [0, 0.1) is 5.82 Å². The normalized spacial score (nSPS) is 14.8. The van der Waals surface area contributed by atoms with Crippen LogP contribution in [0.5, 0.6) is 0 Å². The number of amides is 2. The molecule has 4 heterocycles. The van der Waals surface area contributed by atoms with Gasteiger partial charge in [-0.2, -0.15) is 8.78 Å². The molecule has 0 aliphatic carbocycles. The molecule has 1 saturated heterocycles. The number of alkyl halides is 2. The number of carbonyl (C=O) groups is 2. The third-order valence-electron chi connectivity index (χ3n) is 6.94. The second-order valence-electron chi connectivity index (χ2n) is 9.82. The predicted octanol–water partition coefficient (Wildman–Crippen LogP) is 3.92. The first kappa shape index (κ1) is 28.0. The fourth-order valence-electron chi connectivity index (χ4n) is 5.00. The molecular formula is C28H24F3N9O3. The maximum Gasteiger partial charge on any atom is 0.350 e. The van der Waals surface area contributed by atoms with E-state index in [9.17, 15) is 22.8 Å². The first-order valence-corrected chi connectivity index (χ1v) is 13.3. The van der Waals surface area contributed by atoms with E-state index < -0.39 is 18.4 Å². The lowest BCUT2D eigenvalue weighted by Crippen LogP contribution is -2.50. The number of piperazine rings is 1. The molecule has 6 rings (SSSR count). The standard InChI is InChI=1S/C28H24F3N9O3/c1-16(41)33-19-14-20(29)24-21(15-19)34-26(43-24)18-7-8-32-22(13-18)27(42)39-11-9-38(10-12-39)23(17-5-3-2-4-6-17)25-35-37-40(36-25)28(30)31/h2-8,13-15,23,28H,9-12H2,1H3,(H,33,41)/t23-/m0/s1. The van der Waals surface area contributed by atoms with Crippen LogP contribution < -0.4 is 5.32 Å². The van der Waals surface area contributed by atoms with Crippen molar-refractivity contribution < 1.29 is 27.2 Å². The second-order valence-corrected chi connectivity index (χ2v) is 9.82. The van der Waals surface area contributed by atoms with Crippen LogP contribution in [0.2, 0.25) is 0 Å². The van der Waals surface area contributed by atoms with E-state index in [1.807, 2.05) is 35.2 Å². The third-order valence-corrected chi connectivity index (χ3v) is 6.94. The highest BCUT2D eigenvalue weighted by atomic mass is 19.3. The van der Waals surface area contributed by atoms with E-state index in [-0.39, 0.29) is 50.8 Å². The lowest BCUT2D eigenvalue weighted by molar-refractivity contribution is -0.114. The van der Waals surface area contributed by atoms with Gasteiger partial charge in [-0.25, -0.2) is 9.37 Å². The van der Waals surface area contributed by atoms with Crippen molar-refractivity contribution in [3.63, 3.8) is 0 Å². The van der Waals surface area contributed by atoms with Crippen LogP contribution in [-0.2, 0) is 4.79 Å². The number of aromatic nitrogens is 6. The molecule has 1 atom stereocenters. The van der Waals surface area contributed by atoms with Gasteiger partial charge >= 0.3 is 6.55 Å². The Morgan fingerprint density at radius 3 is 2.49 bits per heavy atom. The Balaban J connectivity index is 1.19. The molecule has 1 aliphatic heterocycles. The molecule has 0 saturated carbocycles. The molecule has 0 unspecified atom stereocenters. The molecule has 1 N–H and O–H groups in total. The Bertz CT molecular complexity index is 1790. The average Bonchev–Trinajstić information content (AvgIpc) is 3.66. The number of oxazole rings is 1. The summed E-state index contributed by atoms with van der Waals surface area (Å²) in [5.41, 5.74) is 1.74. The summed E-state index contributed by atoms with van der Waals surface area (Å²) in [7, 11) is 0. The molecule has 0 bridgehead atoms. The van der Waals surface area contributed by atoms with Gasteiger partial charge in [-0.05, 0) is 29.0 Å². The molecule has 15 heteroatoms. The zero-order valence-electron chi connectivity index (χ0n) is 22.7. The van der Waals surface area contributed by atoms with Gasteiger partial charge in [0, 0.05) is 56.6 Å². The molecule has 0 radical (unpaired) electrons. The highest BCUT2D eigenvalue weighted by molar-refractivity contribution is 5.94. The van der Waals surface area contributed by atoms with E-state index in [4.69, 9.17) is 4.42 Å². The quantitative estimate of drug-likeness (QED) is 0.299. The summed E-state index contributed by atoms with van der Waals surface area (Å²) in [6, 6.07) is 14.5. The van der Waals surface area contributed by atoms with Gasteiger partial charge < -0.3 is 14.6 Å². The minimum Gasteiger partial charge on any atom is -0.433 e. The van der Waals surface area contributed by atoms with Gasteiger partial charge in [0.15, 0.2) is 17.2 Å². The summed E-state index contributed by atoms with van der Waals surface area (Å²) in [6.45, 7) is -0.114. The van der Waals surface area contributed by atoms with E-state index in [0.29, 0.717) is 31.7 Å². The van der Waals surface area contributed by atoms with Crippen molar-refractivity contribution in [2.75, 3.05) is 31.5 Å². The van der Waals surface area contributed by atoms with Gasteiger partial charge in [0.25, 0.3) is 5.91 Å². The number of benzene rings is 2. The minimum absolute atomic E-state index is 0.0824. The summed E-state index contributed by atoms with van der Waals surface area (Å²) in [4.78, 5) is 37.3. The molecular weight excluding hydrogens is 567 g/mol. The molecule has 12 nitrogen and oxygen atoms in total. The van der Waals surface area contributed by atoms with E-state index in [0.717, 1.165) is 11.6 Å². The zero-order valence-corrected chi connectivity index (χ0v) is 22.7. The van der Waals surface area contributed by atoms with Crippen LogP contribution in [0.4, 0.5) is 18.9 Å². The van der Waals surface area contributed by atoms with Gasteiger partial charge in [0.2, 0.25) is 11.8 Å². The molecule has 3 aromatic heterocycles. The Morgan fingerprint density at radius 1 is 1.02 bits per heavy atom. The molecule has 43 heavy (non-hydrogen) atoms. The fraction of sp³-hybridized carbons (Fsp3) is 0.250. The Hall–Kier alpha value is -5.18. The number of nitrogens with one attached hydrogen (secondary N) is 1. The minimum atomic E-state index is -2.91. The van der Waals surface area contributed by atoms with E-state index in [2.05, 4.69) is 30.7 Å². The number of nitrogens with zero attached hydrogens (tertiary/aromatic N) is 8. The fourth-order valence-corrected chi connectivity index (χ4v) is 5.00. The lowest BCUT2D eigenvalue weighted by Gasteiger charge is -2.38. The molecule has 1 fully saturated rings. The van der Waals surface area contributed by atoms with Crippen molar-refractivity contribution in [2.45, 2.75) is 19.5 Å². The van der Waals surface area contributed by atoms with E-state index >= 15 is 0 Å². The number of pyridine rings is 1. The van der Waals surface area contributed by atoms with Gasteiger partial charge in [-0.15, -0.1) is 10.2 Å². The van der Waals surface area contributed by atoms with Crippen LogP contribution >= 0.6 is 0 Å². The summed E-state index contributed by atoms with van der Waals surface area (Å²) >= 11 is 0. The van der Waals surface area contributed by atoms with Crippen LogP contribution in [0.15, 0.2) is 65.2 Å². The Morgan fingerprint density at radius 2 is 1.79 bits per heavy atom. The van der Waals surface area contributed by atoms with Crippen molar-refractivity contribution in [3.8, 4) is 11.5 Å². The summed E-state index contributed by atoms with van der Waals surface area (Å²) in [5, 5.41) is 13.8. The summed E-state index contributed by atoms with van der Waals surface area (Å²) in [6.07, 6.45) is 1.44. The van der Waals surface area contributed by atoms with Crippen LogP contribution in [0.1, 0.15) is 41.4 Å². The molecule has 0 spiro atoms. The van der Waals surface area contributed by atoms with Crippen molar-refractivity contribution in [1.29, 1.82) is 0 Å². The second kappa shape index (κ2) is 11.6. The number of anilines is 1. The highest BCUT2D eigenvalue weighted by Crippen LogP contribution is 2.30. The molecule has 1 aliphatic rings. The SMILES string of the molecule is CC(=O)Nc1cc(F)c2oc(-c3ccnc(C(=O)N4CCN([C@@H](c5ccccc5)c5nnn(C(F)F)n5)CC4)c3)nc2c1. The Labute approximate surface area is 242 Å². The average molecular weight is 592 g/mol. The first-order valence-electron chi connectivity index (χ1n) is 13.3. The van der Waals surface area contributed by atoms with Crippen molar-refractivity contribution in [3.05, 3.63) is 83.7 Å². The first-order chi connectivity index (χ1) is 20.8. The summed E-state index contributed by atoms with van der Waals surface area (Å²) < 4.78 is 46.6. The van der Waals surface area contributed by atoms with Gasteiger partial charge in [0.1, 0.15) is 11.2 Å². The van der Waals surface area contributed by atoms with Crippen LogP contribution in [0.25, 0.3) is 22.6 Å². The zero-order chi connectivity index (χ0) is 30.1. The number of carbonyl (C=O) groups excluding carboxylic acids is 2. The van der Waals surface area contributed by atoms with Crippen molar-refractivity contribution >= 4 is 28.6 Å². The number of halogens is 3. The number of fused-ring (bicyclic) bond motifs is 1. The smallest absolute Gasteiger partial charge is 0.350 e. The Kier molecular flexibility index (Phi) is 7.54. The number of hydrogen-bond acceptors (Lipinski definition) is 9. The largest absolute Gasteiger partial charge is 0.433 e. The molecule has 5 aromatic rings. The summed E-state index contributed by atoms with van der Waals surface area (Å²) in [5.74, 6) is -1.14. The van der Waals surface area contributed by atoms with Crippen molar-refractivity contribution in [2.24, 2.45) is 0 Å². The number of hydrogen-bond donors (Lipinski definition) is 1.